The van der Waals surface area contributed by atoms with E-state index in [9.17, 15) is 9.59 Å². The molecule has 74 valence electrons. The first kappa shape index (κ1) is 9.33. The molecule has 0 saturated heterocycles. The summed E-state index contributed by atoms with van der Waals surface area (Å²) in [5, 5.41) is 0. The van der Waals surface area contributed by atoms with Crippen molar-refractivity contribution in [3.05, 3.63) is 53.6 Å². The highest BCUT2D eigenvalue weighted by Crippen LogP contribution is 2.07. The van der Waals surface area contributed by atoms with Crippen molar-refractivity contribution in [3.8, 4) is 0 Å². The highest BCUT2D eigenvalue weighted by molar-refractivity contribution is 6.08. The summed E-state index contributed by atoms with van der Waals surface area (Å²) < 4.78 is 0. The van der Waals surface area contributed by atoms with Crippen molar-refractivity contribution >= 4 is 12.1 Å². The van der Waals surface area contributed by atoms with Crippen LogP contribution >= 0.6 is 0 Å². The second-order valence-corrected chi connectivity index (χ2v) is 3.01. The zero-order chi connectivity index (χ0) is 10.7. The van der Waals surface area contributed by atoms with Crippen LogP contribution in [-0.2, 0) is 0 Å². The average molecular weight is 200 g/mol. The van der Waals surface area contributed by atoms with E-state index >= 15 is 0 Å². The van der Waals surface area contributed by atoms with Crippen molar-refractivity contribution < 1.29 is 9.59 Å². The first-order chi connectivity index (χ1) is 7.31. The molecule has 0 aliphatic rings. The molecule has 2 rings (SSSR count). The molecule has 0 spiro atoms. The van der Waals surface area contributed by atoms with E-state index < -0.39 is 0 Å². The molecule has 0 amide bonds. The molecular weight excluding hydrogens is 192 g/mol. The molecule has 0 aromatic carbocycles. The molecule has 0 fully saturated rings. The maximum absolute atomic E-state index is 11.8. The van der Waals surface area contributed by atoms with Crippen molar-refractivity contribution in [1.82, 2.24) is 9.97 Å². The van der Waals surface area contributed by atoms with E-state index in [4.69, 9.17) is 0 Å². The van der Waals surface area contributed by atoms with E-state index in [1.165, 1.54) is 12.3 Å². The van der Waals surface area contributed by atoms with Gasteiger partial charge >= 0.3 is 0 Å². The summed E-state index contributed by atoms with van der Waals surface area (Å²) in [5.74, 6) is -0.194. The van der Waals surface area contributed by atoms with Gasteiger partial charge in [0.15, 0.2) is 6.29 Å². The Morgan fingerprint density at radius 3 is 2.87 bits per heavy atom. The maximum Gasteiger partial charge on any atom is 0.212 e. The summed E-state index contributed by atoms with van der Waals surface area (Å²) in [4.78, 5) is 28.8. The average Bonchev–Trinajstić information content (AvgIpc) is 2.78. The van der Waals surface area contributed by atoms with Gasteiger partial charge in [0.25, 0.3) is 0 Å². The van der Waals surface area contributed by atoms with Crippen LogP contribution < -0.4 is 0 Å². The molecule has 2 heterocycles. The number of carbonyl (C=O) groups is 2. The molecular formula is C11H8N2O2. The van der Waals surface area contributed by atoms with Crippen LogP contribution in [0, 0.1) is 0 Å². The van der Waals surface area contributed by atoms with E-state index in [-0.39, 0.29) is 5.78 Å². The van der Waals surface area contributed by atoms with Crippen LogP contribution in [0.4, 0.5) is 0 Å². The number of nitrogens with one attached hydrogen (secondary N) is 1. The van der Waals surface area contributed by atoms with E-state index in [1.807, 2.05) is 0 Å². The normalized spacial score (nSPS) is 9.87. The zero-order valence-corrected chi connectivity index (χ0v) is 7.81. The van der Waals surface area contributed by atoms with E-state index in [2.05, 4.69) is 9.97 Å². The van der Waals surface area contributed by atoms with Gasteiger partial charge in [0.1, 0.15) is 5.69 Å². The smallest absolute Gasteiger partial charge is 0.212 e. The van der Waals surface area contributed by atoms with Gasteiger partial charge in [-0.1, -0.05) is 6.07 Å². The molecule has 4 nitrogen and oxygen atoms in total. The molecule has 4 heteroatoms. The Hall–Kier alpha value is -2.23. The Labute approximate surface area is 86.0 Å². The lowest BCUT2D eigenvalue weighted by molar-refractivity contribution is 0.103. The Balaban J connectivity index is 2.32. The van der Waals surface area contributed by atoms with E-state index in [1.54, 1.807) is 24.4 Å². The predicted octanol–water partition coefficient (Wildman–Crippen LogP) is 1.45. The summed E-state index contributed by atoms with van der Waals surface area (Å²) in [5.41, 5.74) is 1.19. The quantitative estimate of drug-likeness (QED) is 0.602. The van der Waals surface area contributed by atoms with Crippen LogP contribution in [0.2, 0.25) is 0 Å². The van der Waals surface area contributed by atoms with Crippen LogP contribution in [-0.4, -0.2) is 22.0 Å². The second-order valence-electron chi connectivity index (χ2n) is 3.01. The minimum atomic E-state index is -0.194. The summed E-state index contributed by atoms with van der Waals surface area (Å²) in [7, 11) is 0. The number of ketones is 1. The molecule has 2 aromatic rings. The number of H-pyrrole nitrogens is 1. The lowest BCUT2D eigenvalue weighted by atomic mass is 10.1. The first-order valence-corrected chi connectivity index (χ1v) is 4.40. The fourth-order valence-corrected chi connectivity index (χ4v) is 1.26. The highest BCUT2D eigenvalue weighted by Gasteiger charge is 2.11. The molecule has 0 saturated carbocycles. The molecule has 0 aliphatic heterocycles. The van der Waals surface area contributed by atoms with E-state index in [0.29, 0.717) is 23.2 Å². The Kier molecular flexibility index (Phi) is 2.41. The molecule has 1 N–H and O–H groups in total. The van der Waals surface area contributed by atoms with Crippen molar-refractivity contribution in [2.24, 2.45) is 0 Å². The standard InChI is InChI=1S/C11H8N2O2/c14-7-9-5-8(6-13-9)11(15)10-3-1-2-4-12-10/h1-7,13H. The van der Waals surface area contributed by atoms with E-state index in [0.717, 1.165) is 0 Å². The van der Waals surface area contributed by atoms with Gasteiger partial charge in [-0.25, -0.2) is 0 Å². The first-order valence-electron chi connectivity index (χ1n) is 4.40. The summed E-state index contributed by atoms with van der Waals surface area (Å²) >= 11 is 0. The number of aldehydes is 1. The monoisotopic (exact) mass is 200 g/mol. The van der Waals surface area contributed by atoms with Crippen molar-refractivity contribution in [2.45, 2.75) is 0 Å². The fourth-order valence-electron chi connectivity index (χ4n) is 1.26. The number of aromatic amines is 1. The third-order valence-electron chi connectivity index (χ3n) is 1.99. The van der Waals surface area contributed by atoms with Crippen LogP contribution in [0.25, 0.3) is 0 Å². The number of hydrogen-bond donors (Lipinski definition) is 1. The van der Waals surface area contributed by atoms with Crippen LogP contribution in [0.1, 0.15) is 26.5 Å². The Bertz CT molecular complexity index is 488. The number of aromatic nitrogens is 2. The maximum atomic E-state index is 11.8. The van der Waals surface area contributed by atoms with Gasteiger partial charge in [0.05, 0.1) is 5.69 Å². The second kappa shape index (κ2) is 3.88. The minimum absolute atomic E-state index is 0.194. The number of rotatable bonds is 3. The molecule has 2 aromatic heterocycles. The van der Waals surface area contributed by atoms with Gasteiger partial charge in [-0.05, 0) is 18.2 Å². The van der Waals surface area contributed by atoms with Gasteiger partial charge in [-0.2, -0.15) is 0 Å². The van der Waals surface area contributed by atoms with Gasteiger partial charge in [-0.15, -0.1) is 0 Å². The largest absolute Gasteiger partial charge is 0.358 e. The lowest BCUT2D eigenvalue weighted by Gasteiger charge is -1.94. The molecule has 0 radical (unpaired) electrons. The van der Waals surface area contributed by atoms with Crippen LogP contribution in [0.3, 0.4) is 0 Å². The Morgan fingerprint density at radius 2 is 2.27 bits per heavy atom. The third-order valence-corrected chi connectivity index (χ3v) is 1.99. The van der Waals surface area contributed by atoms with Crippen molar-refractivity contribution in [2.75, 3.05) is 0 Å². The topological polar surface area (TPSA) is 62.8 Å². The number of carbonyl (C=O) groups excluding carboxylic acids is 2. The minimum Gasteiger partial charge on any atom is -0.358 e. The van der Waals surface area contributed by atoms with Crippen LogP contribution in [0.15, 0.2) is 36.7 Å². The van der Waals surface area contributed by atoms with Gasteiger partial charge < -0.3 is 4.98 Å². The molecule has 0 aliphatic carbocycles. The fraction of sp³-hybridized carbons (Fsp3) is 0. The number of nitrogens with zero attached hydrogens (tertiary/aromatic N) is 1. The number of pyridine rings is 1. The summed E-state index contributed by atoms with van der Waals surface area (Å²) in [6.07, 6.45) is 3.72. The highest BCUT2D eigenvalue weighted by atomic mass is 16.1. The van der Waals surface area contributed by atoms with Gasteiger partial charge in [0, 0.05) is 18.0 Å². The zero-order valence-electron chi connectivity index (χ0n) is 7.81. The summed E-state index contributed by atoms with van der Waals surface area (Å²) in [6.45, 7) is 0. The SMILES string of the molecule is O=Cc1cc(C(=O)c2ccccn2)c[nH]1. The summed E-state index contributed by atoms with van der Waals surface area (Å²) in [6, 6.07) is 6.62. The lowest BCUT2D eigenvalue weighted by Crippen LogP contribution is -2.01. The van der Waals surface area contributed by atoms with Crippen LogP contribution in [0.5, 0.6) is 0 Å². The molecule has 0 atom stereocenters. The molecule has 15 heavy (non-hydrogen) atoms. The van der Waals surface area contributed by atoms with Crippen molar-refractivity contribution in [1.29, 1.82) is 0 Å². The predicted molar refractivity (Wildman–Crippen MR) is 53.8 cm³/mol. The Morgan fingerprint density at radius 1 is 1.40 bits per heavy atom. The molecule has 0 unspecified atom stereocenters. The third kappa shape index (κ3) is 1.83. The molecule has 0 bridgehead atoms. The van der Waals surface area contributed by atoms with Gasteiger partial charge in [0.2, 0.25) is 5.78 Å². The van der Waals surface area contributed by atoms with Crippen molar-refractivity contribution in [3.63, 3.8) is 0 Å². The van der Waals surface area contributed by atoms with Gasteiger partial charge in [-0.3, -0.25) is 14.6 Å². The number of hydrogen-bond acceptors (Lipinski definition) is 3.